The molecule has 2 atom stereocenters. The Hall–Kier alpha value is -1.91. The van der Waals surface area contributed by atoms with Gasteiger partial charge < -0.3 is 5.11 Å². The highest BCUT2D eigenvalue weighted by molar-refractivity contribution is 6.02. The zero-order valence-electron chi connectivity index (χ0n) is 11.7. The molecule has 0 saturated carbocycles. The van der Waals surface area contributed by atoms with Gasteiger partial charge in [0.15, 0.2) is 0 Å². The Morgan fingerprint density at radius 2 is 1.75 bits per heavy atom. The lowest BCUT2D eigenvalue weighted by molar-refractivity contribution is 0.475. The molecule has 20 heavy (non-hydrogen) atoms. The van der Waals surface area contributed by atoms with E-state index in [9.17, 15) is 5.11 Å². The van der Waals surface area contributed by atoms with E-state index in [1.165, 1.54) is 0 Å². The van der Waals surface area contributed by atoms with E-state index in [1.807, 2.05) is 30.3 Å². The summed E-state index contributed by atoms with van der Waals surface area (Å²) in [6, 6.07) is 12.4. The molecule has 1 aliphatic heterocycles. The normalized spacial score (nSPS) is 26.6. The highest BCUT2D eigenvalue weighted by atomic mass is 16.3. The highest BCUT2D eigenvalue weighted by Crippen LogP contribution is 2.25. The Morgan fingerprint density at radius 3 is 2.50 bits per heavy atom. The second-order valence-electron chi connectivity index (χ2n) is 5.35. The van der Waals surface area contributed by atoms with Crippen LogP contribution in [0.1, 0.15) is 19.4 Å². The molecule has 1 saturated heterocycles. The quantitative estimate of drug-likeness (QED) is 0.733. The van der Waals surface area contributed by atoms with Crippen molar-refractivity contribution in [1.82, 2.24) is 10.9 Å². The summed E-state index contributed by atoms with van der Waals surface area (Å²) in [5.41, 5.74) is 7.15. The molecule has 4 heteroatoms. The predicted octanol–water partition coefficient (Wildman–Crippen LogP) is 2.22. The molecule has 2 aromatic carbocycles. The van der Waals surface area contributed by atoms with E-state index in [-0.39, 0.29) is 23.9 Å². The zero-order chi connectivity index (χ0) is 14.1. The fraction of sp³-hybridized carbons (Fsp3) is 0.312. The number of nitrogens with one attached hydrogen (secondary N) is 2. The highest BCUT2D eigenvalue weighted by Gasteiger charge is 2.28. The summed E-state index contributed by atoms with van der Waals surface area (Å²) in [7, 11) is 0. The summed E-state index contributed by atoms with van der Waals surface area (Å²) in [6.45, 7) is 4.20. The van der Waals surface area contributed by atoms with Gasteiger partial charge in [0.2, 0.25) is 0 Å². The summed E-state index contributed by atoms with van der Waals surface area (Å²) >= 11 is 0. The summed E-state index contributed by atoms with van der Waals surface area (Å²) in [5, 5.41) is 12.2. The fourth-order valence-corrected chi connectivity index (χ4v) is 2.71. The van der Waals surface area contributed by atoms with Gasteiger partial charge >= 0.3 is 0 Å². The van der Waals surface area contributed by atoms with Crippen LogP contribution in [0.15, 0.2) is 41.4 Å². The Kier molecular flexibility index (Phi) is 3.42. The molecule has 1 fully saturated rings. The third-order valence-corrected chi connectivity index (χ3v) is 3.89. The van der Waals surface area contributed by atoms with Crippen molar-refractivity contribution in [3.05, 3.63) is 42.0 Å². The number of hydrogen-bond donors (Lipinski definition) is 3. The minimum atomic E-state index is 0.161. The first-order valence-electron chi connectivity index (χ1n) is 6.92. The number of hydrogen-bond acceptors (Lipinski definition) is 4. The molecule has 0 aromatic heterocycles. The molecule has 1 heterocycles. The van der Waals surface area contributed by atoms with Crippen LogP contribution in [0.5, 0.6) is 5.75 Å². The number of rotatable bonds is 2. The molecule has 0 radical (unpaired) electrons. The minimum absolute atomic E-state index is 0.161. The third kappa shape index (κ3) is 2.28. The number of aromatic hydroxyl groups is 1. The minimum Gasteiger partial charge on any atom is -0.507 e. The third-order valence-electron chi connectivity index (χ3n) is 3.89. The maximum atomic E-state index is 10.1. The lowest BCUT2D eigenvalue weighted by Gasteiger charge is -2.12. The average Bonchev–Trinajstić information content (AvgIpc) is 2.77. The molecule has 0 spiro atoms. The van der Waals surface area contributed by atoms with Crippen molar-refractivity contribution < 1.29 is 5.11 Å². The second-order valence-corrected chi connectivity index (χ2v) is 5.35. The van der Waals surface area contributed by atoms with Gasteiger partial charge in [-0.15, -0.1) is 0 Å². The number of fused-ring (bicyclic) bond motifs is 1. The van der Waals surface area contributed by atoms with E-state index in [2.05, 4.69) is 29.7 Å². The van der Waals surface area contributed by atoms with Gasteiger partial charge in [0.25, 0.3) is 0 Å². The number of phenolic OH excluding ortho intramolecular Hbond substituents is 1. The van der Waals surface area contributed by atoms with Crippen LogP contribution in [0.3, 0.4) is 0 Å². The van der Waals surface area contributed by atoms with Crippen molar-refractivity contribution in [2.24, 2.45) is 4.99 Å². The monoisotopic (exact) mass is 269 g/mol. The van der Waals surface area contributed by atoms with Crippen molar-refractivity contribution >= 4 is 17.0 Å². The molecule has 1 aliphatic rings. The average molecular weight is 269 g/mol. The lowest BCUT2D eigenvalue weighted by Crippen LogP contribution is -2.30. The maximum Gasteiger partial charge on any atom is 0.124 e. The van der Waals surface area contributed by atoms with Crippen molar-refractivity contribution in [1.29, 1.82) is 0 Å². The Labute approximate surface area is 118 Å². The molecular formula is C16H19N3O. The topological polar surface area (TPSA) is 56.7 Å². The van der Waals surface area contributed by atoms with Crippen LogP contribution in [0.2, 0.25) is 0 Å². The molecule has 3 rings (SSSR count). The van der Waals surface area contributed by atoms with E-state index in [1.54, 1.807) is 12.3 Å². The van der Waals surface area contributed by atoms with Gasteiger partial charge in [-0.25, -0.2) is 0 Å². The molecule has 2 aromatic rings. The largest absolute Gasteiger partial charge is 0.507 e. The summed E-state index contributed by atoms with van der Waals surface area (Å²) in [5.74, 6) is 0.270. The molecule has 4 nitrogen and oxygen atoms in total. The Morgan fingerprint density at radius 1 is 1.05 bits per heavy atom. The number of nitrogens with zero attached hydrogens (tertiary/aromatic N) is 1. The summed E-state index contributed by atoms with van der Waals surface area (Å²) in [4.78, 5) is 4.66. The lowest BCUT2D eigenvalue weighted by atomic mass is 10.0. The second kappa shape index (κ2) is 5.23. The Bertz CT molecular complexity index is 643. The van der Waals surface area contributed by atoms with Crippen LogP contribution < -0.4 is 10.9 Å². The first-order valence-corrected chi connectivity index (χ1v) is 6.92. The predicted molar refractivity (Wildman–Crippen MR) is 82.2 cm³/mol. The van der Waals surface area contributed by atoms with Crippen LogP contribution in [-0.4, -0.2) is 29.4 Å². The van der Waals surface area contributed by atoms with Crippen molar-refractivity contribution in [3.63, 3.8) is 0 Å². The van der Waals surface area contributed by atoms with Gasteiger partial charge in [0.1, 0.15) is 5.75 Å². The van der Waals surface area contributed by atoms with Crippen LogP contribution in [0.25, 0.3) is 10.8 Å². The maximum absolute atomic E-state index is 10.1. The van der Waals surface area contributed by atoms with E-state index >= 15 is 0 Å². The van der Waals surface area contributed by atoms with Crippen LogP contribution >= 0.6 is 0 Å². The van der Waals surface area contributed by atoms with Gasteiger partial charge in [-0.05, 0) is 30.7 Å². The Balaban J connectivity index is 2.00. The molecule has 3 N–H and O–H groups in total. The molecule has 0 bridgehead atoms. The van der Waals surface area contributed by atoms with Crippen LogP contribution in [0.4, 0.5) is 0 Å². The van der Waals surface area contributed by atoms with Gasteiger partial charge in [-0.2, -0.15) is 0 Å². The first-order chi connectivity index (χ1) is 9.66. The van der Waals surface area contributed by atoms with Crippen molar-refractivity contribution in [2.45, 2.75) is 32.0 Å². The first kappa shape index (κ1) is 13.1. The zero-order valence-corrected chi connectivity index (χ0v) is 11.7. The van der Waals surface area contributed by atoms with Gasteiger partial charge in [0, 0.05) is 23.9 Å². The molecule has 0 aliphatic carbocycles. The molecule has 104 valence electrons. The van der Waals surface area contributed by atoms with Gasteiger partial charge in [-0.1, -0.05) is 30.3 Å². The summed E-state index contributed by atoms with van der Waals surface area (Å²) < 4.78 is 0. The van der Waals surface area contributed by atoms with Crippen LogP contribution in [-0.2, 0) is 0 Å². The SMILES string of the molecule is CC1NNC(C)C1N=Cc1c(O)ccc2ccccc12. The van der Waals surface area contributed by atoms with E-state index < -0.39 is 0 Å². The van der Waals surface area contributed by atoms with Crippen LogP contribution in [0, 0.1) is 0 Å². The number of aliphatic imine (C=N–C) groups is 1. The standard InChI is InChI=1S/C16H19N3O/c1-10-16(11(2)19-18-10)17-9-14-13-6-4-3-5-12(13)7-8-15(14)20/h3-11,16,18-20H,1-2H3. The molecule has 2 unspecified atom stereocenters. The van der Waals surface area contributed by atoms with E-state index in [0.29, 0.717) is 0 Å². The number of benzene rings is 2. The molecular weight excluding hydrogens is 250 g/mol. The van der Waals surface area contributed by atoms with Crippen molar-refractivity contribution in [2.75, 3.05) is 0 Å². The van der Waals surface area contributed by atoms with Crippen molar-refractivity contribution in [3.8, 4) is 5.75 Å². The van der Waals surface area contributed by atoms with Gasteiger partial charge in [-0.3, -0.25) is 15.8 Å². The van der Waals surface area contributed by atoms with Gasteiger partial charge in [0.05, 0.1) is 6.04 Å². The summed E-state index contributed by atoms with van der Waals surface area (Å²) in [6.07, 6.45) is 1.80. The number of phenols is 1. The fourth-order valence-electron chi connectivity index (χ4n) is 2.71. The molecule has 0 amide bonds. The smallest absolute Gasteiger partial charge is 0.124 e. The number of hydrazine groups is 1. The van der Waals surface area contributed by atoms with E-state index in [0.717, 1.165) is 16.3 Å². The van der Waals surface area contributed by atoms with E-state index in [4.69, 9.17) is 0 Å².